The van der Waals surface area contributed by atoms with E-state index in [4.69, 9.17) is 22.3 Å². The number of aliphatic hydroxyl groups is 1. The highest BCUT2D eigenvalue weighted by Crippen LogP contribution is 2.12. The van der Waals surface area contributed by atoms with Gasteiger partial charge in [0.25, 0.3) is 0 Å². The Balaban J connectivity index is 0.00000232. The largest absolute Gasteiger partial charge is 0.400 e. The summed E-state index contributed by atoms with van der Waals surface area (Å²) < 4.78 is 0. The van der Waals surface area contributed by atoms with Gasteiger partial charge in [0.1, 0.15) is 0 Å². The predicted octanol–water partition coefficient (Wildman–Crippen LogP) is 1.42. The molecular formula is C17H33N5O. The summed E-state index contributed by atoms with van der Waals surface area (Å²) in [7, 11) is 0. The summed E-state index contributed by atoms with van der Waals surface area (Å²) in [6, 6.07) is 7.67. The van der Waals surface area contributed by atoms with Crippen molar-refractivity contribution in [3.63, 3.8) is 0 Å². The normalized spacial score (nSPS) is 12.1. The first-order valence-electron chi connectivity index (χ1n) is 8.26. The lowest BCUT2D eigenvalue weighted by Gasteiger charge is -2.21. The molecule has 0 spiro atoms. The first-order valence-corrected chi connectivity index (χ1v) is 8.26. The smallest absolute Gasteiger partial charge is 0.0959 e. The Morgan fingerprint density at radius 3 is 2.35 bits per heavy atom. The molecule has 1 aromatic carbocycles. The van der Waals surface area contributed by atoms with Crippen LogP contribution in [0.25, 0.3) is 0 Å². The minimum atomic E-state index is 0.0498. The summed E-state index contributed by atoms with van der Waals surface area (Å²) in [5.74, 6) is 0. The van der Waals surface area contributed by atoms with Crippen molar-refractivity contribution in [1.29, 1.82) is 0 Å². The molecule has 6 nitrogen and oxygen atoms in total. The second-order valence-corrected chi connectivity index (χ2v) is 4.93. The predicted molar refractivity (Wildman–Crippen MR) is 98.5 cm³/mol. The number of nitrogens with two attached hydrogens (primary N) is 3. The molecule has 0 unspecified atom stereocenters. The van der Waals surface area contributed by atoms with E-state index in [1.54, 1.807) is 6.20 Å². The molecule has 0 heterocycles. The average molecular weight is 323 g/mol. The fourth-order valence-corrected chi connectivity index (χ4v) is 1.86. The van der Waals surface area contributed by atoms with Crippen molar-refractivity contribution in [3.8, 4) is 0 Å². The topological polar surface area (TPSA) is 122 Å². The summed E-state index contributed by atoms with van der Waals surface area (Å²) in [5.41, 5.74) is 19.2. The van der Waals surface area contributed by atoms with Crippen LogP contribution in [0.3, 0.4) is 0 Å². The number of aliphatic hydroxyl groups excluding tert-OH is 1. The van der Waals surface area contributed by atoms with Gasteiger partial charge in [-0.15, -0.1) is 0 Å². The van der Waals surface area contributed by atoms with Crippen LogP contribution in [0.4, 0.5) is 5.69 Å². The maximum Gasteiger partial charge on any atom is 0.0959 e. The quantitative estimate of drug-likeness (QED) is 0.286. The van der Waals surface area contributed by atoms with Gasteiger partial charge in [-0.25, -0.2) is 0 Å². The minimum Gasteiger partial charge on any atom is -0.400 e. The van der Waals surface area contributed by atoms with Gasteiger partial charge in [0, 0.05) is 24.1 Å². The lowest BCUT2D eigenvalue weighted by Crippen LogP contribution is -2.34. The monoisotopic (exact) mass is 323 g/mol. The van der Waals surface area contributed by atoms with Crippen molar-refractivity contribution in [1.82, 2.24) is 5.32 Å². The molecule has 1 aromatic rings. The maximum absolute atomic E-state index is 9.05. The fourth-order valence-electron chi connectivity index (χ4n) is 1.86. The van der Waals surface area contributed by atoms with Gasteiger partial charge in [0.05, 0.1) is 12.8 Å². The molecule has 0 saturated carbocycles. The summed E-state index contributed by atoms with van der Waals surface area (Å²) in [5, 5.41) is 15.7. The van der Waals surface area contributed by atoms with E-state index in [9.17, 15) is 0 Å². The zero-order valence-electron chi connectivity index (χ0n) is 14.4. The average Bonchev–Trinajstić information content (AvgIpc) is 2.61. The van der Waals surface area contributed by atoms with Gasteiger partial charge in [0.2, 0.25) is 0 Å². The molecule has 132 valence electrons. The van der Waals surface area contributed by atoms with Gasteiger partial charge < -0.3 is 32.9 Å². The van der Waals surface area contributed by atoms with Gasteiger partial charge in [-0.05, 0) is 43.5 Å². The number of benzene rings is 1. The molecule has 0 saturated heterocycles. The zero-order valence-corrected chi connectivity index (χ0v) is 14.4. The Labute approximate surface area is 140 Å². The molecule has 0 fully saturated rings. The first kappa shape index (κ1) is 21.2. The number of nitrogens with one attached hydrogen (secondary N) is 2. The molecule has 9 N–H and O–H groups in total. The highest BCUT2D eigenvalue weighted by Gasteiger charge is 2.06. The third kappa shape index (κ3) is 9.78. The van der Waals surface area contributed by atoms with E-state index in [0.717, 1.165) is 30.5 Å². The summed E-state index contributed by atoms with van der Waals surface area (Å²) in [6.07, 6.45) is 4.72. The Bertz CT molecular complexity index is 419. The van der Waals surface area contributed by atoms with E-state index < -0.39 is 0 Å². The molecule has 0 amide bonds. The van der Waals surface area contributed by atoms with Crippen LogP contribution in [-0.2, 0) is 6.61 Å². The molecule has 0 aliphatic heterocycles. The van der Waals surface area contributed by atoms with Crippen LogP contribution in [0.15, 0.2) is 36.2 Å². The standard InChI is InChI=1S/C15H27N5O.C2H6/c16-8-2-1-3-15(19-10-13(18)9-17)20-14-6-4-12(11-21)5-7-14;1-2/h4-7,10,15,19-21H,1-3,8-9,11,16-18H2;1-2H3/b13-10-;/t15-;/m1./s1. The van der Waals surface area contributed by atoms with Crippen LogP contribution >= 0.6 is 0 Å². The summed E-state index contributed by atoms with van der Waals surface area (Å²) in [6.45, 7) is 5.07. The van der Waals surface area contributed by atoms with Crippen molar-refractivity contribution in [2.75, 3.05) is 18.4 Å². The molecular weight excluding hydrogens is 290 g/mol. The van der Waals surface area contributed by atoms with Crippen LogP contribution in [0.5, 0.6) is 0 Å². The zero-order chi connectivity index (χ0) is 17.5. The molecule has 0 radical (unpaired) electrons. The third-order valence-electron chi connectivity index (χ3n) is 3.13. The van der Waals surface area contributed by atoms with E-state index in [2.05, 4.69) is 10.6 Å². The minimum absolute atomic E-state index is 0.0498. The molecule has 6 heteroatoms. The third-order valence-corrected chi connectivity index (χ3v) is 3.13. The van der Waals surface area contributed by atoms with Crippen molar-refractivity contribution in [2.24, 2.45) is 17.2 Å². The van der Waals surface area contributed by atoms with Crippen molar-refractivity contribution < 1.29 is 5.11 Å². The highest BCUT2D eigenvalue weighted by atomic mass is 16.3. The van der Waals surface area contributed by atoms with Crippen molar-refractivity contribution in [3.05, 3.63) is 41.7 Å². The van der Waals surface area contributed by atoms with Gasteiger partial charge in [0.15, 0.2) is 0 Å². The van der Waals surface area contributed by atoms with E-state index in [0.29, 0.717) is 18.8 Å². The summed E-state index contributed by atoms with van der Waals surface area (Å²) in [4.78, 5) is 0. The first-order chi connectivity index (χ1) is 11.2. The fraction of sp³-hybridized carbons (Fsp3) is 0.529. The number of hydrogen-bond donors (Lipinski definition) is 6. The van der Waals surface area contributed by atoms with Crippen LogP contribution in [0, 0.1) is 0 Å². The van der Waals surface area contributed by atoms with Gasteiger partial charge in [-0.3, -0.25) is 0 Å². The maximum atomic E-state index is 9.05. The SMILES string of the molecule is CC.NCCCC[C@H](N/C=C(\N)CN)Nc1ccc(CO)cc1. The van der Waals surface area contributed by atoms with Crippen LogP contribution < -0.4 is 27.8 Å². The second kappa shape index (κ2) is 13.9. The number of unbranched alkanes of at least 4 members (excludes halogenated alkanes) is 1. The van der Waals surface area contributed by atoms with E-state index >= 15 is 0 Å². The second-order valence-electron chi connectivity index (χ2n) is 4.93. The lowest BCUT2D eigenvalue weighted by atomic mass is 10.1. The van der Waals surface area contributed by atoms with E-state index in [1.807, 2.05) is 38.1 Å². The Hall–Kier alpha value is -1.76. The Morgan fingerprint density at radius 2 is 1.83 bits per heavy atom. The van der Waals surface area contributed by atoms with Crippen molar-refractivity contribution >= 4 is 5.69 Å². The van der Waals surface area contributed by atoms with Crippen molar-refractivity contribution in [2.45, 2.75) is 45.9 Å². The number of anilines is 1. The molecule has 0 aromatic heterocycles. The van der Waals surface area contributed by atoms with Gasteiger partial charge in [-0.1, -0.05) is 26.0 Å². The molecule has 23 heavy (non-hydrogen) atoms. The van der Waals surface area contributed by atoms with Crippen LogP contribution in [-0.4, -0.2) is 24.4 Å². The molecule has 0 bridgehead atoms. The highest BCUT2D eigenvalue weighted by molar-refractivity contribution is 5.45. The number of rotatable bonds is 10. The van der Waals surface area contributed by atoms with Crippen LogP contribution in [0.1, 0.15) is 38.7 Å². The molecule has 1 rings (SSSR count). The van der Waals surface area contributed by atoms with E-state index in [1.165, 1.54) is 0 Å². The molecule has 0 aliphatic carbocycles. The summed E-state index contributed by atoms with van der Waals surface area (Å²) >= 11 is 0. The molecule has 0 aliphatic rings. The van der Waals surface area contributed by atoms with E-state index in [-0.39, 0.29) is 12.8 Å². The van der Waals surface area contributed by atoms with Gasteiger partial charge in [-0.2, -0.15) is 0 Å². The van der Waals surface area contributed by atoms with Gasteiger partial charge >= 0.3 is 0 Å². The number of hydrogen-bond acceptors (Lipinski definition) is 6. The Kier molecular flexibility index (Phi) is 12.8. The Morgan fingerprint density at radius 1 is 1.17 bits per heavy atom. The lowest BCUT2D eigenvalue weighted by molar-refractivity contribution is 0.282. The van der Waals surface area contributed by atoms with Crippen LogP contribution in [0.2, 0.25) is 0 Å². The molecule has 1 atom stereocenters.